The standard InChI is InChI=1S/C3H10N4O2/c4-1-2-6-9-3(8)7-5/h6H,1-2,4-5H2,(H,7,8). The zero-order valence-corrected chi connectivity index (χ0v) is 4.89. The third kappa shape index (κ3) is 5.01. The van der Waals surface area contributed by atoms with Gasteiger partial charge in [0.2, 0.25) is 0 Å². The van der Waals surface area contributed by atoms with E-state index in [2.05, 4.69) is 16.2 Å². The molecule has 0 heterocycles. The second-order valence-electron chi connectivity index (χ2n) is 1.22. The number of carbonyl (C=O) groups is 1. The first-order valence-electron chi connectivity index (χ1n) is 2.41. The van der Waals surface area contributed by atoms with E-state index in [1.165, 1.54) is 0 Å². The van der Waals surface area contributed by atoms with Gasteiger partial charge >= 0.3 is 6.09 Å². The minimum absolute atomic E-state index is 0.401. The number of hydrogen-bond acceptors (Lipinski definition) is 5. The van der Waals surface area contributed by atoms with Gasteiger partial charge in [0, 0.05) is 13.1 Å². The molecule has 0 fully saturated rings. The minimum atomic E-state index is -0.733. The molecule has 6 N–H and O–H groups in total. The predicted molar refractivity (Wildman–Crippen MR) is 30.9 cm³/mol. The van der Waals surface area contributed by atoms with Gasteiger partial charge in [-0.15, -0.1) is 0 Å². The molecule has 9 heavy (non-hydrogen) atoms. The molecule has 0 rings (SSSR count). The van der Waals surface area contributed by atoms with Crippen LogP contribution in [0.5, 0.6) is 0 Å². The lowest BCUT2D eigenvalue weighted by atomic mass is 10.7. The van der Waals surface area contributed by atoms with Crippen LogP contribution in [0.15, 0.2) is 0 Å². The molecule has 1 amide bonds. The molecule has 54 valence electrons. The third-order valence-electron chi connectivity index (χ3n) is 0.529. The van der Waals surface area contributed by atoms with Gasteiger partial charge in [-0.2, -0.15) is 5.48 Å². The van der Waals surface area contributed by atoms with Gasteiger partial charge in [0.05, 0.1) is 0 Å². The van der Waals surface area contributed by atoms with Crippen LogP contribution in [-0.4, -0.2) is 19.2 Å². The van der Waals surface area contributed by atoms with E-state index in [0.29, 0.717) is 13.1 Å². The van der Waals surface area contributed by atoms with Crippen molar-refractivity contribution < 1.29 is 9.63 Å². The van der Waals surface area contributed by atoms with E-state index in [9.17, 15) is 4.79 Å². The predicted octanol–water partition coefficient (Wildman–Crippen LogP) is -1.95. The minimum Gasteiger partial charge on any atom is -0.353 e. The summed E-state index contributed by atoms with van der Waals surface area (Å²) in [7, 11) is 0. The first kappa shape index (κ1) is 8.15. The molecule has 0 aliphatic heterocycles. The summed E-state index contributed by atoms with van der Waals surface area (Å²) in [6, 6.07) is 0. The van der Waals surface area contributed by atoms with Gasteiger partial charge in [0.15, 0.2) is 0 Å². The summed E-state index contributed by atoms with van der Waals surface area (Å²) in [5.41, 5.74) is 9.08. The largest absolute Gasteiger partial charge is 0.440 e. The van der Waals surface area contributed by atoms with Crippen molar-refractivity contribution in [2.45, 2.75) is 0 Å². The van der Waals surface area contributed by atoms with E-state index in [1.54, 1.807) is 5.43 Å². The highest BCUT2D eigenvalue weighted by Gasteiger charge is 1.93. The molecule has 0 radical (unpaired) electrons. The number of hydroxylamine groups is 1. The summed E-state index contributed by atoms with van der Waals surface area (Å²) in [6.07, 6.45) is -0.733. The van der Waals surface area contributed by atoms with Gasteiger partial charge in [-0.3, -0.25) is 5.43 Å². The van der Waals surface area contributed by atoms with Crippen LogP contribution in [0.2, 0.25) is 0 Å². The number of hydrazine groups is 1. The quantitative estimate of drug-likeness (QED) is 0.155. The smallest absolute Gasteiger partial charge is 0.353 e. The van der Waals surface area contributed by atoms with E-state index < -0.39 is 6.09 Å². The van der Waals surface area contributed by atoms with Crippen molar-refractivity contribution in [3.63, 3.8) is 0 Å². The van der Waals surface area contributed by atoms with Crippen molar-refractivity contribution in [1.29, 1.82) is 0 Å². The average Bonchev–Trinajstić information content (AvgIpc) is 1.89. The Bertz CT molecular complexity index is 85.9. The molecular weight excluding hydrogens is 124 g/mol. The molecule has 0 spiro atoms. The molecule has 6 nitrogen and oxygen atoms in total. The fourth-order valence-corrected chi connectivity index (χ4v) is 0.205. The topological polar surface area (TPSA) is 102 Å². The summed E-state index contributed by atoms with van der Waals surface area (Å²) >= 11 is 0. The molecule has 0 unspecified atom stereocenters. The first-order chi connectivity index (χ1) is 4.31. The highest BCUT2D eigenvalue weighted by Crippen LogP contribution is 1.64. The molecular formula is C3H10N4O2. The number of rotatable bonds is 3. The van der Waals surface area contributed by atoms with Crippen LogP contribution in [0.1, 0.15) is 0 Å². The summed E-state index contributed by atoms with van der Waals surface area (Å²) in [6.45, 7) is 0.811. The van der Waals surface area contributed by atoms with Crippen LogP contribution in [0, 0.1) is 0 Å². The molecule has 0 bridgehead atoms. The Labute approximate surface area is 52.4 Å². The Morgan fingerprint density at radius 3 is 2.78 bits per heavy atom. The average molecular weight is 134 g/mol. The zero-order chi connectivity index (χ0) is 7.11. The highest BCUT2D eigenvalue weighted by molar-refractivity contribution is 5.65. The number of carbonyl (C=O) groups excluding carboxylic acids is 1. The summed E-state index contributed by atoms with van der Waals surface area (Å²) in [5.74, 6) is 4.66. The van der Waals surface area contributed by atoms with Gasteiger partial charge in [-0.25, -0.2) is 10.6 Å². The molecule has 0 saturated carbocycles. The molecule has 0 aromatic heterocycles. The monoisotopic (exact) mass is 134 g/mol. The highest BCUT2D eigenvalue weighted by atomic mass is 16.7. The van der Waals surface area contributed by atoms with Crippen LogP contribution >= 0.6 is 0 Å². The molecule has 0 aromatic carbocycles. The zero-order valence-electron chi connectivity index (χ0n) is 4.89. The van der Waals surface area contributed by atoms with Crippen molar-refractivity contribution in [1.82, 2.24) is 10.9 Å². The lowest BCUT2D eigenvalue weighted by Gasteiger charge is -2.01. The Hall–Kier alpha value is -0.850. The summed E-state index contributed by atoms with van der Waals surface area (Å²) < 4.78 is 0. The molecule has 0 saturated heterocycles. The Balaban J connectivity index is 2.97. The lowest BCUT2D eigenvalue weighted by Crippen LogP contribution is -2.36. The van der Waals surface area contributed by atoms with E-state index in [1.807, 2.05) is 0 Å². The summed E-state index contributed by atoms with van der Waals surface area (Å²) in [5, 5.41) is 0. The first-order valence-corrected chi connectivity index (χ1v) is 2.41. The van der Waals surface area contributed by atoms with Gasteiger partial charge in [0.25, 0.3) is 0 Å². The second-order valence-corrected chi connectivity index (χ2v) is 1.22. The van der Waals surface area contributed by atoms with Crippen molar-refractivity contribution in [2.24, 2.45) is 11.6 Å². The van der Waals surface area contributed by atoms with Crippen LogP contribution in [-0.2, 0) is 4.84 Å². The van der Waals surface area contributed by atoms with E-state index >= 15 is 0 Å². The van der Waals surface area contributed by atoms with E-state index in [-0.39, 0.29) is 0 Å². The molecule has 6 heteroatoms. The maximum absolute atomic E-state index is 10.1. The number of nitrogens with one attached hydrogen (secondary N) is 2. The van der Waals surface area contributed by atoms with Crippen LogP contribution in [0.25, 0.3) is 0 Å². The summed E-state index contributed by atoms with van der Waals surface area (Å²) in [4.78, 5) is 14.4. The SMILES string of the molecule is NCCNOC(=O)NN. The fraction of sp³-hybridized carbons (Fsp3) is 0.667. The molecule has 0 aliphatic rings. The van der Waals surface area contributed by atoms with Gasteiger partial charge in [-0.1, -0.05) is 0 Å². The fourth-order valence-electron chi connectivity index (χ4n) is 0.205. The van der Waals surface area contributed by atoms with Crippen molar-refractivity contribution in [3.8, 4) is 0 Å². The van der Waals surface area contributed by atoms with Crippen molar-refractivity contribution in [3.05, 3.63) is 0 Å². The number of nitrogens with two attached hydrogens (primary N) is 2. The number of amides is 1. The maximum atomic E-state index is 10.1. The van der Waals surface area contributed by atoms with Crippen LogP contribution < -0.4 is 22.5 Å². The third-order valence-corrected chi connectivity index (χ3v) is 0.529. The van der Waals surface area contributed by atoms with E-state index in [4.69, 9.17) is 5.73 Å². The normalized spacial score (nSPS) is 8.67. The second kappa shape index (κ2) is 5.29. The Morgan fingerprint density at radius 2 is 2.33 bits per heavy atom. The van der Waals surface area contributed by atoms with Crippen molar-refractivity contribution >= 4 is 6.09 Å². The maximum Gasteiger partial charge on any atom is 0.440 e. The number of hydrogen-bond donors (Lipinski definition) is 4. The molecule has 0 aromatic rings. The van der Waals surface area contributed by atoms with Gasteiger partial charge in [0.1, 0.15) is 0 Å². The van der Waals surface area contributed by atoms with Gasteiger partial charge in [-0.05, 0) is 0 Å². The van der Waals surface area contributed by atoms with E-state index in [0.717, 1.165) is 0 Å². The van der Waals surface area contributed by atoms with Crippen LogP contribution in [0.4, 0.5) is 4.79 Å². The lowest BCUT2D eigenvalue weighted by molar-refractivity contribution is 0.0914. The molecule has 0 atom stereocenters. The van der Waals surface area contributed by atoms with Crippen molar-refractivity contribution in [2.75, 3.05) is 13.1 Å². The Kier molecular flexibility index (Phi) is 4.79. The molecule has 0 aliphatic carbocycles. The van der Waals surface area contributed by atoms with Crippen LogP contribution in [0.3, 0.4) is 0 Å². The Morgan fingerprint density at radius 1 is 1.67 bits per heavy atom. The van der Waals surface area contributed by atoms with Gasteiger partial charge < -0.3 is 10.6 Å².